The van der Waals surface area contributed by atoms with Gasteiger partial charge in [-0.25, -0.2) is 0 Å². The Labute approximate surface area is 135 Å². The maximum absolute atomic E-state index is 13.1. The summed E-state index contributed by atoms with van der Waals surface area (Å²) < 4.78 is 29.2. The zero-order valence-electron chi connectivity index (χ0n) is 12.8. The summed E-state index contributed by atoms with van der Waals surface area (Å²) >= 11 is 0. The molecule has 2 fully saturated rings. The molecular formula is C16H20N2O4S. The van der Waals surface area contributed by atoms with Crippen LogP contribution in [-0.2, 0) is 28.0 Å². The van der Waals surface area contributed by atoms with E-state index in [0.717, 1.165) is 12.0 Å². The van der Waals surface area contributed by atoms with Gasteiger partial charge in [0.2, 0.25) is 0 Å². The molecule has 23 heavy (non-hydrogen) atoms. The molecule has 3 aliphatic rings. The van der Waals surface area contributed by atoms with Crippen molar-refractivity contribution in [2.75, 3.05) is 6.54 Å². The van der Waals surface area contributed by atoms with Crippen LogP contribution in [0.15, 0.2) is 24.3 Å². The summed E-state index contributed by atoms with van der Waals surface area (Å²) in [6, 6.07) is 7.38. The lowest BCUT2D eigenvalue weighted by Crippen LogP contribution is -2.48. The second-order valence-electron chi connectivity index (χ2n) is 6.67. The molecule has 1 aromatic carbocycles. The molecule has 0 spiro atoms. The Kier molecular flexibility index (Phi) is 3.48. The monoisotopic (exact) mass is 336 g/mol. The van der Waals surface area contributed by atoms with Crippen molar-refractivity contribution < 1.29 is 18.3 Å². The third-order valence-corrected chi connectivity index (χ3v) is 7.54. The second-order valence-corrected chi connectivity index (χ2v) is 8.50. The number of rotatable bonds is 3. The molecule has 3 atom stereocenters. The van der Waals surface area contributed by atoms with Crippen LogP contribution in [0.2, 0.25) is 0 Å². The summed E-state index contributed by atoms with van der Waals surface area (Å²) in [5, 5.41) is 9.32. The molecule has 3 aliphatic heterocycles. The highest BCUT2D eigenvalue weighted by Crippen LogP contribution is 2.44. The summed E-state index contributed by atoms with van der Waals surface area (Å²) in [6.45, 7) is 0.846. The van der Waals surface area contributed by atoms with Crippen LogP contribution in [0.1, 0.15) is 30.4 Å². The normalized spacial score (nSPS) is 31.2. The van der Waals surface area contributed by atoms with Crippen LogP contribution in [0.4, 0.5) is 0 Å². The molecule has 1 aromatic rings. The summed E-state index contributed by atoms with van der Waals surface area (Å²) in [6.07, 6.45) is 2.59. The fourth-order valence-electron chi connectivity index (χ4n) is 4.36. The van der Waals surface area contributed by atoms with Crippen molar-refractivity contribution in [2.24, 2.45) is 5.92 Å². The molecule has 1 N–H and O–H groups in total. The first-order chi connectivity index (χ1) is 11.0. The van der Waals surface area contributed by atoms with E-state index in [1.165, 1.54) is 14.2 Å². The van der Waals surface area contributed by atoms with E-state index >= 15 is 0 Å². The van der Waals surface area contributed by atoms with Crippen molar-refractivity contribution in [3.05, 3.63) is 35.4 Å². The van der Waals surface area contributed by atoms with Gasteiger partial charge in [-0.05, 0) is 36.8 Å². The molecule has 2 bridgehead atoms. The van der Waals surface area contributed by atoms with Gasteiger partial charge in [-0.2, -0.15) is 17.0 Å². The van der Waals surface area contributed by atoms with Crippen molar-refractivity contribution in [1.29, 1.82) is 0 Å². The molecule has 3 heterocycles. The van der Waals surface area contributed by atoms with Crippen molar-refractivity contribution >= 4 is 16.2 Å². The van der Waals surface area contributed by atoms with Crippen molar-refractivity contribution in [3.63, 3.8) is 0 Å². The third kappa shape index (κ3) is 2.29. The molecule has 4 rings (SSSR count). The summed E-state index contributed by atoms with van der Waals surface area (Å²) in [4.78, 5) is 11.4. The van der Waals surface area contributed by atoms with Gasteiger partial charge in [0.1, 0.15) is 0 Å². The van der Waals surface area contributed by atoms with E-state index in [4.69, 9.17) is 0 Å². The SMILES string of the molecule is O=C(O)C1CC2CCC1N2S(=O)(=O)N1CCc2ccccc2C1. The molecule has 0 saturated carbocycles. The first-order valence-electron chi connectivity index (χ1n) is 8.06. The van der Waals surface area contributed by atoms with Crippen LogP contribution < -0.4 is 0 Å². The van der Waals surface area contributed by atoms with E-state index in [-0.39, 0.29) is 12.1 Å². The largest absolute Gasteiger partial charge is 0.481 e. The van der Waals surface area contributed by atoms with Gasteiger partial charge >= 0.3 is 5.97 Å². The van der Waals surface area contributed by atoms with Gasteiger partial charge < -0.3 is 5.11 Å². The molecule has 0 aliphatic carbocycles. The Morgan fingerprint density at radius 1 is 1.17 bits per heavy atom. The van der Waals surface area contributed by atoms with Gasteiger partial charge in [0, 0.05) is 25.2 Å². The Hall–Kier alpha value is -1.44. The highest BCUT2D eigenvalue weighted by atomic mass is 32.2. The predicted octanol–water partition coefficient (Wildman–Crippen LogP) is 1.23. The van der Waals surface area contributed by atoms with Crippen LogP contribution in [0.5, 0.6) is 0 Å². The summed E-state index contributed by atoms with van der Waals surface area (Å²) in [7, 11) is -3.60. The van der Waals surface area contributed by atoms with Crippen molar-refractivity contribution in [2.45, 2.75) is 44.3 Å². The van der Waals surface area contributed by atoms with Crippen LogP contribution in [0, 0.1) is 5.92 Å². The molecule has 124 valence electrons. The Balaban J connectivity index is 1.61. The van der Waals surface area contributed by atoms with Crippen molar-refractivity contribution in [1.82, 2.24) is 8.61 Å². The van der Waals surface area contributed by atoms with Gasteiger partial charge in [0.05, 0.1) is 5.92 Å². The number of aliphatic carboxylic acids is 1. The minimum absolute atomic E-state index is 0.150. The van der Waals surface area contributed by atoms with E-state index in [2.05, 4.69) is 0 Å². The predicted molar refractivity (Wildman–Crippen MR) is 83.9 cm³/mol. The van der Waals surface area contributed by atoms with Gasteiger partial charge in [-0.3, -0.25) is 4.79 Å². The van der Waals surface area contributed by atoms with Crippen molar-refractivity contribution in [3.8, 4) is 0 Å². The number of carboxylic acids is 1. The lowest BCUT2D eigenvalue weighted by molar-refractivity contribution is -0.142. The molecule has 6 nitrogen and oxygen atoms in total. The fraction of sp³-hybridized carbons (Fsp3) is 0.562. The second kappa shape index (κ2) is 5.29. The summed E-state index contributed by atoms with van der Waals surface area (Å²) in [5.41, 5.74) is 2.25. The molecule has 0 radical (unpaired) electrons. The quantitative estimate of drug-likeness (QED) is 0.900. The highest BCUT2D eigenvalue weighted by molar-refractivity contribution is 7.86. The lowest BCUT2D eigenvalue weighted by Gasteiger charge is -2.33. The molecule has 0 aromatic heterocycles. The molecule has 7 heteroatoms. The van der Waals surface area contributed by atoms with Gasteiger partial charge in [-0.1, -0.05) is 24.3 Å². The van der Waals surface area contributed by atoms with Crippen LogP contribution in [0.3, 0.4) is 0 Å². The van der Waals surface area contributed by atoms with E-state index in [9.17, 15) is 18.3 Å². The van der Waals surface area contributed by atoms with E-state index < -0.39 is 22.1 Å². The van der Waals surface area contributed by atoms with Gasteiger partial charge in [-0.15, -0.1) is 0 Å². The minimum Gasteiger partial charge on any atom is -0.481 e. The first-order valence-corrected chi connectivity index (χ1v) is 9.46. The molecular weight excluding hydrogens is 316 g/mol. The smallest absolute Gasteiger partial charge is 0.308 e. The van der Waals surface area contributed by atoms with Crippen LogP contribution in [-0.4, -0.2) is 46.7 Å². The number of carbonyl (C=O) groups is 1. The zero-order chi connectivity index (χ0) is 16.2. The topological polar surface area (TPSA) is 77.9 Å². The summed E-state index contributed by atoms with van der Waals surface area (Å²) in [5.74, 6) is -1.43. The number of benzene rings is 1. The fourth-order valence-corrected chi connectivity index (χ4v) is 6.42. The number of carboxylic acid groups (broad SMARTS) is 1. The molecule has 3 unspecified atom stereocenters. The molecule has 2 saturated heterocycles. The number of hydrogen-bond donors (Lipinski definition) is 1. The van der Waals surface area contributed by atoms with Crippen LogP contribution in [0.25, 0.3) is 0 Å². The highest BCUT2D eigenvalue weighted by Gasteiger charge is 2.55. The Bertz CT molecular complexity index is 748. The first kappa shape index (κ1) is 15.1. The lowest BCUT2D eigenvalue weighted by atomic mass is 9.89. The number of nitrogens with zero attached hydrogens (tertiary/aromatic N) is 2. The maximum Gasteiger partial charge on any atom is 0.308 e. The third-order valence-electron chi connectivity index (χ3n) is 5.48. The van der Waals surface area contributed by atoms with E-state index in [1.54, 1.807) is 0 Å². The standard InChI is InChI=1S/C16H20N2O4S/c19-16(20)14-9-13-5-6-15(14)18(13)23(21,22)17-8-7-11-3-1-2-4-12(11)10-17/h1-4,13-15H,5-10H2,(H,19,20). The average molecular weight is 336 g/mol. The van der Waals surface area contributed by atoms with Crippen LogP contribution >= 0.6 is 0 Å². The number of hydrogen-bond acceptors (Lipinski definition) is 3. The van der Waals surface area contributed by atoms with Gasteiger partial charge in [0.15, 0.2) is 0 Å². The Morgan fingerprint density at radius 3 is 2.61 bits per heavy atom. The minimum atomic E-state index is -3.60. The zero-order valence-corrected chi connectivity index (χ0v) is 13.6. The van der Waals surface area contributed by atoms with Gasteiger partial charge in [0.25, 0.3) is 10.2 Å². The van der Waals surface area contributed by atoms with E-state index in [1.807, 2.05) is 24.3 Å². The maximum atomic E-state index is 13.1. The Morgan fingerprint density at radius 2 is 1.91 bits per heavy atom. The average Bonchev–Trinajstić information content (AvgIpc) is 3.13. The number of fused-ring (bicyclic) bond motifs is 3. The molecule has 0 amide bonds. The van der Waals surface area contributed by atoms with E-state index in [0.29, 0.717) is 32.4 Å².